The van der Waals surface area contributed by atoms with Gasteiger partial charge >= 0.3 is 0 Å². The Bertz CT molecular complexity index is 811. The highest BCUT2D eigenvalue weighted by atomic mass is 127. The monoisotopic (exact) mass is 544 g/mol. The number of ether oxygens (including phenoxy) is 1. The van der Waals surface area contributed by atoms with Crippen LogP contribution in [-0.2, 0) is 6.54 Å². The molecule has 0 atom stereocenters. The van der Waals surface area contributed by atoms with Crippen LogP contribution in [0.1, 0.15) is 22.8 Å². The number of carbonyl (C=O) groups is 1. The maximum absolute atomic E-state index is 12.0. The molecule has 0 aromatic heterocycles. The molecule has 0 aliphatic rings. The minimum Gasteiger partial charge on any atom is -0.492 e. The first-order valence-corrected chi connectivity index (χ1v) is 9.97. The van der Waals surface area contributed by atoms with Crippen LogP contribution in [-0.4, -0.2) is 62.5 Å². The highest BCUT2D eigenvalue weighted by molar-refractivity contribution is 14.0. The molecule has 0 saturated carbocycles. The molecule has 2 aromatic rings. The van der Waals surface area contributed by atoms with Crippen LogP contribution in [0.5, 0.6) is 5.75 Å². The van der Waals surface area contributed by atoms with Crippen molar-refractivity contribution >= 4 is 47.4 Å². The summed E-state index contributed by atoms with van der Waals surface area (Å²) < 4.78 is 5.76. The highest BCUT2D eigenvalue weighted by Crippen LogP contribution is 2.15. The zero-order valence-electron chi connectivity index (χ0n) is 17.9. The number of carbonyl (C=O) groups excluding carboxylic acids is 1. The van der Waals surface area contributed by atoms with Crippen molar-refractivity contribution in [2.24, 2.45) is 4.99 Å². The minimum atomic E-state index is -0.00573. The van der Waals surface area contributed by atoms with E-state index < -0.39 is 0 Å². The SMILES string of the molecule is CCNC(=NCc1ccc(C(=O)N(C)C)cc1)N(C)CCOc1ccc(Cl)cc1.I. The lowest BCUT2D eigenvalue weighted by atomic mass is 10.1. The minimum absolute atomic E-state index is 0. The molecule has 30 heavy (non-hydrogen) atoms. The van der Waals surface area contributed by atoms with Gasteiger partial charge in [-0.05, 0) is 48.9 Å². The fraction of sp³-hybridized carbons (Fsp3) is 0.364. The van der Waals surface area contributed by atoms with Crippen molar-refractivity contribution in [3.63, 3.8) is 0 Å². The van der Waals surface area contributed by atoms with E-state index in [1.807, 2.05) is 67.4 Å². The summed E-state index contributed by atoms with van der Waals surface area (Å²) >= 11 is 5.89. The molecule has 0 aliphatic carbocycles. The Morgan fingerprint density at radius 3 is 2.27 bits per heavy atom. The third-order valence-corrected chi connectivity index (χ3v) is 4.48. The largest absolute Gasteiger partial charge is 0.492 e. The van der Waals surface area contributed by atoms with Crippen LogP contribution in [0, 0.1) is 0 Å². The molecule has 6 nitrogen and oxygen atoms in total. The zero-order valence-corrected chi connectivity index (χ0v) is 21.0. The maximum atomic E-state index is 12.0. The van der Waals surface area contributed by atoms with Crippen molar-refractivity contribution in [3.05, 3.63) is 64.7 Å². The third-order valence-electron chi connectivity index (χ3n) is 4.22. The van der Waals surface area contributed by atoms with Crippen LogP contribution in [0.2, 0.25) is 5.02 Å². The maximum Gasteiger partial charge on any atom is 0.253 e. The van der Waals surface area contributed by atoms with Crippen molar-refractivity contribution in [2.75, 3.05) is 40.8 Å². The van der Waals surface area contributed by atoms with E-state index in [4.69, 9.17) is 21.3 Å². The third kappa shape index (κ3) is 8.39. The van der Waals surface area contributed by atoms with Gasteiger partial charge in [0.15, 0.2) is 5.96 Å². The second-order valence-electron chi connectivity index (χ2n) is 6.79. The molecule has 0 saturated heterocycles. The Morgan fingerprint density at radius 2 is 1.70 bits per heavy atom. The number of hydrogen-bond acceptors (Lipinski definition) is 3. The molecule has 0 heterocycles. The van der Waals surface area contributed by atoms with Gasteiger partial charge in [0.1, 0.15) is 12.4 Å². The quantitative estimate of drug-likeness (QED) is 0.308. The van der Waals surface area contributed by atoms with Crippen LogP contribution in [0.4, 0.5) is 0 Å². The van der Waals surface area contributed by atoms with Crippen molar-refractivity contribution in [1.29, 1.82) is 0 Å². The number of nitrogens with one attached hydrogen (secondary N) is 1. The van der Waals surface area contributed by atoms with Gasteiger partial charge in [0.2, 0.25) is 0 Å². The lowest BCUT2D eigenvalue weighted by molar-refractivity contribution is 0.0827. The van der Waals surface area contributed by atoms with Crippen molar-refractivity contribution in [2.45, 2.75) is 13.5 Å². The predicted octanol–water partition coefficient (Wildman–Crippen LogP) is 4.14. The number of guanidine groups is 1. The molecule has 8 heteroatoms. The molecule has 0 unspecified atom stereocenters. The molecular weight excluding hydrogens is 515 g/mol. The molecule has 0 bridgehead atoms. The first-order chi connectivity index (χ1) is 13.9. The molecule has 0 spiro atoms. The number of halogens is 2. The lowest BCUT2D eigenvalue weighted by Gasteiger charge is -2.22. The molecule has 0 fully saturated rings. The summed E-state index contributed by atoms with van der Waals surface area (Å²) in [5.41, 5.74) is 1.72. The van der Waals surface area contributed by atoms with Crippen molar-refractivity contribution in [1.82, 2.24) is 15.1 Å². The normalized spacial score (nSPS) is 10.8. The van der Waals surface area contributed by atoms with Crippen LogP contribution < -0.4 is 10.1 Å². The van der Waals surface area contributed by atoms with E-state index in [2.05, 4.69) is 5.32 Å². The van der Waals surface area contributed by atoms with Gasteiger partial charge in [-0.25, -0.2) is 4.99 Å². The van der Waals surface area contributed by atoms with E-state index in [1.54, 1.807) is 19.0 Å². The molecule has 164 valence electrons. The number of rotatable bonds is 8. The Kier molecular flexibility index (Phi) is 11.6. The summed E-state index contributed by atoms with van der Waals surface area (Å²) in [6, 6.07) is 14.9. The van der Waals surface area contributed by atoms with E-state index >= 15 is 0 Å². The number of hydrogen-bond donors (Lipinski definition) is 1. The van der Waals surface area contributed by atoms with Gasteiger partial charge < -0.3 is 19.9 Å². The Morgan fingerprint density at radius 1 is 1.07 bits per heavy atom. The summed E-state index contributed by atoms with van der Waals surface area (Å²) in [4.78, 5) is 20.3. The van der Waals surface area contributed by atoms with Gasteiger partial charge in [-0.2, -0.15) is 0 Å². The smallest absolute Gasteiger partial charge is 0.253 e. The van der Waals surface area contributed by atoms with E-state index in [1.165, 1.54) is 0 Å². The highest BCUT2D eigenvalue weighted by Gasteiger charge is 2.08. The average molecular weight is 545 g/mol. The van der Waals surface area contributed by atoms with Crippen molar-refractivity contribution in [3.8, 4) is 5.75 Å². The lowest BCUT2D eigenvalue weighted by Crippen LogP contribution is -2.40. The molecule has 1 N–H and O–H groups in total. The molecule has 0 radical (unpaired) electrons. The predicted molar refractivity (Wildman–Crippen MR) is 134 cm³/mol. The zero-order chi connectivity index (χ0) is 21.2. The molecule has 0 aliphatic heterocycles. The fourth-order valence-electron chi connectivity index (χ4n) is 2.58. The molecule has 2 rings (SSSR count). The number of aliphatic imine (C=N–C) groups is 1. The van der Waals surface area contributed by atoms with Crippen LogP contribution in [0.15, 0.2) is 53.5 Å². The second kappa shape index (κ2) is 13.3. The van der Waals surface area contributed by atoms with E-state index in [9.17, 15) is 4.79 Å². The average Bonchev–Trinajstić information content (AvgIpc) is 2.72. The summed E-state index contributed by atoms with van der Waals surface area (Å²) in [5.74, 6) is 1.59. The standard InChI is InChI=1S/C22H29ClN4O2.HI/c1-5-24-22(27(4)14-15-29-20-12-10-19(23)11-13-20)25-16-17-6-8-18(9-7-17)21(28)26(2)3;/h6-13H,5,14-16H2,1-4H3,(H,24,25);1H. The van der Waals surface area contributed by atoms with Crippen molar-refractivity contribution < 1.29 is 9.53 Å². The van der Waals surface area contributed by atoms with Crippen LogP contribution in [0.25, 0.3) is 0 Å². The Hall–Kier alpha value is -2.00. The molecule has 1 amide bonds. The first-order valence-electron chi connectivity index (χ1n) is 9.59. The number of likely N-dealkylation sites (N-methyl/N-ethyl adjacent to an activating group) is 1. The van der Waals surface area contributed by atoms with E-state index in [0.29, 0.717) is 30.3 Å². The van der Waals surface area contributed by atoms with Gasteiger partial charge in [0.25, 0.3) is 5.91 Å². The summed E-state index contributed by atoms with van der Waals surface area (Å²) in [7, 11) is 5.47. The van der Waals surface area contributed by atoms with Crippen LogP contribution >= 0.6 is 35.6 Å². The second-order valence-corrected chi connectivity index (χ2v) is 7.23. The van der Waals surface area contributed by atoms with Gasteiger partial charge in [-0.15, -0.1) is 24.0 Å². The van der Waals surface area contributed by atoms with Gasteiger partial charge in [-0.3, -0.25) is 4.79 Å². The van der Waals surface area contributed by atoms with Gasteiger partial charge in [0, 0.05) is 38.3 Å². The summed E-state index contributed by atoms with van der Waals surface area (Å²) in [6.07, 6.45) is 0. The Balaban J connectivity index is 0.00000450. The summed E-state index contributed by atoms with van der Waals surface area (Å²) in [6.45, 7) is 4.56. The van der Waals surface area contributed by atoms with Gasteiger partial charge in [0.05, 0.1) is 13.1 Å². The topological polar surface area (TPSA) is 57.2 Å². The molecule has 2 aromatic carbocycles. The molecular formula is C22H30ClIN4O2. The number of benzene rings is 2. The fourth-order valence-corrected chi connectivity index (χ4v) is 2.71. The van der Waals surface area contributed by atoms with E-state index in [0.717, 1.165) is 23.8 Å². The number of amides is 1. The van der Waals surface area contributed by atoms with Gasteiger partial charge in [-0.1, -0.05) is 23.7 Å². The summed E-state index contributed by atoms with van der Waals surface area (Å²) in [5, 5.41) is 3.99. The van der Waals surface area contributed by atoms with E-state index in [-0.39, 0.29) is 29.9 Å². The van der Waals surface area contributed by atoms with Crippen LogP contribution in [0.3, 0.4) is 0 Å². The Labute approximate surface area is 201 Å². The first kappa shape index (κ1) is 26.0. The number of nitrogens with zero attached hydrogens (tertiary/aromatic N) is 3.